The maximum Gasteiger partial charge on any atom is 0.206 e. The number of hydrogen-bond donors (Lipinski definition) is 2. The van der Waals surface area contributed by atoms with E-state index in [0.717, 1.165) is 10.0 Å². The molecule has 4 aromatic rings. The SMILES string of the molecule is COc1cc(C=Nc2ccc(S(=O)(=O)c3ccc(N=Cc4cc(Br)ccc4O)cc3)cc2)ccc1O. The molecule has 0 spiro atoms. The third-order valence-corrected chi connectivity index (χ3v) is 7.48. The zero-order chi connectivity index (χ0) is 25.7. The number of benzene rings is 4. The van der Waals surface area contributed by atoms with Crippen LogP contribution in [0.25, 0.3) is 0 Å². The van der Waals surface area contributed by atoms with Gasteiger partial charge in [-0.2, -0.15) is 0 Å². The highest BCUT2D eigenvalue weighted by Crippen LogP contribution is 2.28. The first-order valence-corrected chi connectivity index (χ1v) is 12.9. The lowest BCUT2D eigenvalue weighted by Gasteiger charge is -2.06. The van der Waals surface area contributed by atoms with Gasteiger partial charge < -0.3 is 14.9 Å². The lowest BCUT2D eigenvalue weighted by atomic mass is 10.2. The fraction of sp³-hybridized carbons (Fsp3) is 0.0370. The molecule has 0 atom stereocenters. The van der Waals surface area contributed by atoms with E-state index < -0.39 is 9.84 Å². The summed E-state index contributed by atoms with van der Waals surface area (Å²) in [4.78, 5) is 8.94. The fourth-order valence-electron chi connectivity index (χ4n) is 3.26. The Bertz CT molecular complexity index is 1550. The minimum atomic E-state index is -3.73. The van der Waals surface area contributed by atoms with E-state index in [9.17, 15) is 18.6 Å². The molecule has 0 radical (unpaired) electrons. The van der Waals surface area contributed by atoms with Crippen molar-refractivity contribution in [3.05, 3.63) is 101 Å². The molecule has 182 valence electrons. The van der Waals surface area contributed by atoms with Crippen LogP contribution in [-0.2, 0) is 9.84 Å². The molecule has 9 heteroatoms. The van der Waals surface area contributed by atoms with Gasteiger partial charge in [0.05, 0.1) is 28.3 Å². The topological polar surface area (TPSA) is 109 Å². The number of rotatable bonds is 7. The van der Waals surface area contributed by atoms with E-state index in [1.807, 2.05) is 0 Å². The number of phenolic OH excluding ortho intramolecular Hbond substituents is 2. The van der Waals surface area contributed by atoms with Crippen molar-refractivity contribution < 1.29 is 23.4 Å². The van der Waals surface area contributed by atoms with E-state index in [1.54, 1.807) is 60.8 Å². The number of sulfone groups is 1. The second-order valence-electron chi connectivity index (χ2n) is 7.64. The van der Waals surface area contributed by atoms with Gasteiger partial charge in [-0.1, -0.05) is 15.9 Å². The van der Waals surface area contributed by atoms with Crippen LogP contribution in [0.2, 0.25) is 0 Å². The van der Waals surface area contributed by atoms with Crippen LogP contribution >= 0.6 is 15.9 Å². The van der Waals surface area contributed by atoms with Crippen molar-refractivity contribution in [1.29, 1.82) is 0 Å². The maximum atomic E-state index is 13.0. The van der Waals surface area contributed by atoms with Crippen LogP contribution < -0.4 is 4.74 Å². The Balaban J connectivity index is 1.48. The third-order valence-electron chi connectivity index (χ3n) is 5.20. The first-order valence-electron chi connectivity index (χ1n) is 10.6. The number of hydrogen-bond acceptors (Lipinski definition) is 7. The standard InChI is InChI=1S/C27H21BrN2O5S/c1-35-27-14-18(2-12-26(27)32)16-29-21-4-8-23(9-5-21)36(33,34)24-10-6-22(7-11-24)30-17-19-15-20(28)3-13-25(19)31/h2-17,31-32H,1H3. The molecule has 4 aromatic carbocycles. The Morgan fingerprint density at radius 2 is 1.31 bits per heavy atom. The summed E-state index contributed by atoms with van der Waals surface area (Å²) in [5, 5.41) is 19.6. The normalized spacial score (nSPS) is 11.8. The molecule has 0 saturated carbocycles. The molecule has 0 unspecified atom stereocenters. The van der Waals surface area contributed by atoms with Crippen molar-refractivity contribution in [3.63, 3.8) is 0 Å². The summed E-state index contributed by atoms with van der Waals surface area (Å²) in [7, 11) is -2.26. The van der Waals surface area contributed by atoms with Crippen LogP contribution in [0.1, 0.15) is 11.1 Å². The second-order valence-corrected chi connectivity index (χ2v) is 10.5. The molecule has 0 aliphatic heterocycles. The minimum absolute atomic E-state index is 0.0350. The van der Waals surface area contributed by atoms with Crippen LogP contribution in [0.4, 0.5) is 11.4 Å². The number of aliphatic imine (C=N–C) groups is 2. The summed E-state index contributed by atoms with van der Waals surface area (Å²) in [5.41, 5.74) is 2.37. The molecule has 0 fully saturated rings. The number of phenols is 2. The van der Waals surface area contributed by atoms with E-state index >= 15 is 0 Å². The zero-order valence-electron chi connectivity index (χ0n) is 19.0. The van der Waals surface area contributed by atoms with Gasteiger partial charge in [-0.3, -0.25) is 9.98 Å². The van der Waals surface area contributed by atoms with Gasteiger partial charge >= 0.3 is 0 Å². The highest BCUT2D eigenvalue weighted by Gasteiger charge is 2.17. The van der Waals surface area contributed by atoms with E-state index in [1.165, 1.54) is 43.7 Å². The summed E-state index contributed by atoms with van der Waals surface area (Å²) in [6, 6.07) is 22.3. The first kappa shape index (κ1) is 25.2. The van der Waals surface area contributed by atoms with Crippen LogP contribution in [0.3, 0.4) is 0 Å². The second kappa shape index (κ2) is 10.8. The Kier molecular flexibility index (Phi) is 7.52. The maximum absolute atomic E-state index is 13.0. The van der Waals surface area contributed by atoms with Gasteiger partial charge in [-0.25, -0.2) is 8.42 Å². The molecular formula is C27H21BrN2O5S. The van der Waals surface area contributed by atoms with Gasteiger partial charge in [0.15, 0.2) is 11.5 Å². The van der Waals surface area contributed by atoms with Crippen LogP contribution in [0.5, 0.6) is 17.2 Å². The van der Waals surface area contributed by atoms with Crippen molar-refractivity contribution in [1.82, 2.24) is 0 Å². The van der Waals surface area contributed by atoms with Crippen LogP contribution in [0.15, 0.2) is 109 Å². The summed E-state index contributed by atoms with van der Waals surface area (Å²) in [6.07, 6.45) is 3.11. The van der Waals surface area contributed by atoms with Gasteiger partial charge in [0, 0.05) is 22.5 Å². The first-order chi connectivity index (χ1) is 17.3. The predicted octanol–water partition coefficient (Wildman–Crippen LogP) is 6.20. The van der Waals surface area contributed by atoms with Crippen molar-refractivity contribution in [2.45, 2.75) is 9.79 Å². The minimum Gasteiger partial charge on any atom is -0.507 e. The van der Waals surface area contributed by atoms with Gasteiger partial charge in [0.1, 0.15) is 5.75 Å². The molecule has 0 bridgehead atoms. The number of nitrogens with zero attached hydrogens (tertiary/aromatic N) is 2. The molecule has 0 aromatic heterocycles. The number of ether oxygens (including phenoxy) is 1. The number of methoxy groups -OCH3 is 1. The van der Waals surface area contributed by atoms with E-state index in [0.29, 0.717) is 22.7 Å². The summed E-state index contributed by atoms with van der Waals surface area (Å²) < 4.78 is 32.0. The average molecular weight is 565 g/mol. The quantitative estimate of drug-likeness (QED) is 0.259. The molecule has 0 aliphatic rings. The van der Waals surface area contributed by atoms with Crippen molar-refractivity contribution >= 4 is 49.6 Å². The van der Waals surface area contributed by atoms with Crippen molar-refractivity contribution in [3.8, 4) is 17.2 Å². The Hall–Kier alpha value is -3.95. The molecule has 0 heterocycles. The molecule has 36 heavy (non-hydrogen) atoms. The van der Waals surface area contributed by atoms with Crippen molar-refractivity contribution in [2.75, 3.05) is 7.11 Å². The smallest absolute Gasteiger partial charge is 0.206 e. The van der Waals surface area contributed by atoms with E-state index in [-0.39, 0.29) is 21.3 Å². The Morgan fingerprint density at radius 3 is 1.89 bits per heavy atom. The summed E-state index contributed by atoms with van der Waals surface area (Å²) in [6.45, 7) is 0. The molecule has 0 aliphatic carbocycles. The zero-order valence-corrected chi connectivity index (χ0v) is 21.4. The van der Waals surface area contributed by atoms with Gasteiger partial charge in [0.25, 0.3) is 0 Å². The Morgan fingerprint density at radius 1 is 0.750 bits per heavy atom. The largest absolute Gasteiger partial charge is 0.507 e. The lowest BCUT2D eigenvalue weighted by Crippen LogP contribution is -2.01. The lowest BCUT2D eigenvalue weighted by molar-refractivity contribution is 0.373. The monoisotopic (exact) mass is 564 g/mol. The van der Waals surface area contributed by atoms with Crippen LogP contribution in [0, 0.1) is 0 Å². The highest BCUT2D eigenvalue weighted by molar-refractivity contribution is 9.10. The molecular weight excluding hydrogens is 544 g/mol. The molecule has 7 nitrogen and oxygen atoms in total. The van der Waals surface area contributed by atoms with Crippen molar-refractivity contribution in [2.24, 2.45) is 9.98 Å². The molecule has 2 N–H and O–H groups in total. The van der Waals surface area contributed by atoms with Gasteiger partial charge in [-0.05, 0) is 90.5 Å². The van der Waals surface area contributed by atoms with Crippen LogP contribution in [-0.4, -0.2) is 38.2 Å². The highest BCUT2D eigenvalue weighted by atomic mass is 79.9. The van der Waals surface area contributed by atoms with E-state index in [2.05, 4.69) is 25.9 Å². The summed E-state index contributed by atoms with van der Waals surface area (Å²) in [5.74, 6) is 0.466. The molecule has 0 saturated heterocycles. The van der Waals surface area contributed by atoms with Gasteiger partial charge in [-0.15, -0.1) is 0 Å². The number of halogens is 1. The summed E-state index contributed by atoms with van der Waals surface area (Å²) >= 11 is 3.35. The third kappa shape index (κ3) is 5.81. The average Bonchev–Trinajstić information content (AvgIpc) is 2.89. The Labute approximate surface area is 217 Å². The molecule has 4 rings (SSSR count). The number of aromatic hydroxyl groups is 2. The van der Waals surface area contributed by atoms with Gasteiger partial charge in [0.2, 0.25) is 9.84 Å². The van der Waals surface area contributed by atoms with E-state index in [4.69, 9.17) is 4.74 Å². The fourth-order valence-corrected chi connectivity index (χ4v) is 4.89. The predicted molar refractivity (Wildman–Crippen MR) is 143 cm³/mol. The molecule has 0 amide bonds.